The van der Waals surface area contributed by atoms with E-state index in [0.29, 0.717) is 30.1 Å². The van der Waals surface area contributed by atoms with Crippen LogP contribution in [0.5, 0.6) is 0 Å². The van der Waals surface area contributed by atoms with Crippen molar-refractivity contribution >= 4 is 17.4 Å². The number of halogens is 1. The van der Waals surface area contributed by atoms with Gasteiger partial charge in [0.2, 0.25) is 0 Å². The average Bonchev–Trinajstić information content (AvgIpc) is 2.23. The van der Waals surface area contributed by atoms with Crippen molar-refractivity contribution in [1.82, 2.24) is 4.90 Å². The van der Waals surface area contributed by atoms with Crippen LogP contribution in [0.1, 0.15) is 30.6 Å². The molecule has 0 saturated heterocycles. The summed E-state index contributed by atoms with van der Waals surface area (Å²) in [7, 11) is 1.89. The van der Waals surface area contributed by atoms with E-state index in [2.05, 4.69) is 0 Å². The van der Waals surface area contributed by atoms with Gasteiger partial charge >= 0.3 is 0 Å². The smallest absolute Gasteiger partial charge is 0.164 e. The molecule has 4 heteroatoms. The van der Waals surface area contributed by atoms with Gasteiger partial charge in [0.1, 0.15) is 0 Å². The van der Waals surface area contributed by atoms with Crippen molar-refractivity contribution in [3.8, 4) is 0 Å². The second kappa shape index (κ2) is 6.32. The molecule has 1 aromatic rings. The number of carbonyl (C=O) groups is 1. The quantitative estimate of drug-likeness (QED) is 0.807. The Morgan fingerprint density at radius 1 is 1.44 bits per heavy atom. The summed E-state index contributed by atoms with van der Waals surface area (Å²) in [6, 6.07) is 6.97. The van der Waals surface area contributed by atoms with Gasteiger partial charge in [-0.3, -0.25) is 4.79 Å². The van der Waals surface area contributed by atoms with Crippen LogP contribution in [0.25, 0.3) is 0 Å². The van der Waals surface area contributed by atoms with Crippen LogP contribution < -0.4 is 0 Å². The third kappa shape index (κ3) is 5.63. The summed E-state index contributed by atoms with van der Waals surface area (Å²) in [4.78, 5) is 13.9. The van der Waals surface area contributed by atoms with E-state index in [1.165, 1.54) is 0 Å². The standard InChI is InChI=1S/C14H20ClNO2/c1-14(2,18)10-16(3)8-7-13(17)11-5-4-6-12(15)9-11/h4-6,9,18H,7-8,10H2,1-3H3. The van der Waals surface area contributed by atoms with Crippen molar-refractivity contribution in [2.24, 2.45) is 0 Å². The van der Waals surface area contributed by atoms with Crippen molar-refractivity contribution in [3.05, 3.63) is 34.9 Å². The van der Waals surface area contributed by atoms with Crippen LogP contribution >= 0.6 is 11.6 Å². The summed E-state index contributed by atoms with van der Waals surface area (Å²) in [6.45, 7) is 4.66. The first-order chi connectivity index (χ1) is 8.28. The lowest BCUT2D eigenvalue weighted by Crippen LogP contribution is -2.37. The SMILES string of the molecule is CN(CCC(=O)c1cccc(Cl)c1)CC(C)(C)O. The Balaban J connectivity index is 2.47. The normalized spacial score (nSPS) is 11.9. The molecule has 0 aliphatic rings. The summed E-state index contributed by atoms with van der Waals surface area (Å²) in [5, 5.41) is 10.2. The Bertz CT molecular complexity index is 413. The molecule has 0 aliphatic carbocycles. The number of Topliss-reactive ketones (excluding diaryl/α,β-unsaturated/α-hetero) is 1. The van der Waals surface area contributed by atoms with Crippen molar-refractivity contribution in [3.63, 3.8) is 0 Å². The zero-order valence-corrected chi connectivity index (χ0v) is 11.9. The number of likely N-dealkylation sites (N-methyl/N-ethyl adjacent to an activating group) is 1. The van der Waals surface area contributed by atoms with Crippen LogP contribution in [-0.4, -0.2) is 41.5 Å². The van der Waals surface area contributed by atoms with E-state index in [4.69, 9.17) is 11.6 Å². The number of hydrogen-bond acceptors (Lipinski definition) is 3. The Morgan fingerprint density at radius 2 is 2.11 bits per heavy atom. The minimum atomic E-state index is -0.742. The molecule has 0 amide bonds. The molecule has 0 bridgehead atoms. The highest BCUT2D eigenvalue weighted by Gasteiger charge is 2.16. The van der Waals surface area contributed by atoms with Gasteiger partial charge in [-0.15, -0.1) is 0 Å². The first-order valence-electron chi connectivity index (χ1n) is 5.97. The Labute approximate surface area is 113 Å². The molecule has 3 nitrogen and oxygen atoms in total. The van der Waals surface area contributed by atoms with Gasteiger partial charge in [-0.2, -0.15) is 0 Å². The fourth-order valence-electron chi connectivity index (χ4n) is 1.84. The Hall–Kier alpha value is -0.900. The monoisotopic (exact) mass is 269 g/mol. The summed E-state index contributed by atoms with van der Waals surface area (Å²) in [6.07, 6.45) is 0.424. The summed E-state index contributed by atoms with van der Waals surface area (Å²) < 4.78 is 0. The lowest BCUT2D eigenvalue weighted by molar-refractivity contribution is 0.0437. The third-order valence-corrected chi connectivity index (χ3v) is 2.76. The summed E-state index contributed by atoms with van der Waals surface area (Å²) in [5.74, 6) is 0.0695. The van der Waals surface area contributed by atoms with Crippen LogP contribution in [0.4, 0.5) is 0 Å². The van der Waals surface area contributed by atoms with Crippen LogP contribution in [0.2, 0.25) is 5.02 Å². The van der Waals surface area contributed by atoms with Crippen molar-refractivity contribution in [1.29, 1.82) is 0 Å². The molecule has 1 aromatic carbocycles. The number of aliphatic hydroxyl groups is 1. The van der Waals surface area contributed by atoms with E-state index in [-0.39, 0.29) is 5.78 Å². The van der Waals surface area contributed by atoms with Gasteiger partial charge in [-0.25, -0.2) is 0 Å². The molecule has 18 heavy (non-hydrogen) atoms. The third-order valence-electron chi connectivity index (χ3n) is 2.52. The molecule has 0 aliphatic heterocycles. The lowest BCUT2D eigenvalue weighted by atomic mass is 10.1. The predicted octanol–water partition coefficient (Wildman–Crippen LogP) is 2.62. The molecule has 0 radical (unpaired) electrons. The second-order valence-corrected chi connectivity index (χ2v) is 5.67. The molecule has 0 unspecified atom stereocenters. The Morgan fingerprint density at radius 3 is 2.67 bits per heavy atom. The van der Waals surface area contributed by atoms with E-state index in [1.54, 1.807) is 38.1 Å². The number of benzene rings is 1. The summed E-state index contributed by atoms with van der Waals surface area (Å²) in [5.41, 5.74) is -0.104. The molecular formula is C14H20ClNO2. The van der Waals surface area contributed by atoms with E-state index in [9.17, 15) is 9.90 Å². The molecule has 0 heterocycles. The number of rotatable bonds is 6. The van der Waals surface area contributed by atoms with Crippen molar-refractivity contribution in [2.75, 3.05) is 20.1 Å². The highest BCUT2D eigenvalue weighted by molar-refractivity contribution is 6.31. The highest BCUT2D eigenvalue weighted by atomic mass is 35.5. The minimum Gasteiger partial charge on any atom is -0.389 e. The molecular weight excluding hydrogens is 250 g/mol. The number of hydrogen-bond donors (Lipinski definition) is 1. The molecule has 0 aromatic heterocycles. The van der Waals surface area contributed by atoms with Gasteiger partial charge in [0.05, 0.1) is 5.60 Å². The van der Waals surface area contributed by atoms with E-state index >= 15 is 0 Å². The predicted molar refractivity (Wildman–Crippen MR) is 74.2 cm³/mol. The first-order valence-corrected chi connectivity index (χ1v) is 6.35. The highest BCUT2D eigenvalue weighted by Crippen LogP contribution is 2.12. The number of nitrogens with zero attached hydrogens (tertiary/aromatic N) is 1. The van der Waals surface area contributed by atoms with Gasteiger partial charge in [0.15, 0.2) is 5.78 Å². The second-order valence-electron chi connectivity index (χ2n) is 5.23. The average molecular weight is 270 g/mol. The van der Waals surface area contributed by atoms with E-state index < -0.39 is 5.60 Å². The maximum absolute atomic E-state index is 11.9. The lowest BCUT2D eigenvalue weighted by Gasteiger charge is -2.25. The van der Waals surface area contributed by atoms with Gasteiger partial charge in [0, 0.05) is 30.1 Å². The summed E-state index contributed by atoms with van der Waals surface area (Å²) >= 11 is 5.84. The first kappa shape index (κ1) is 15.2. The topological polar surface area (TPSA) is 40.5 Å². The minimum absolute atomic E-state index is 0.0695. The van der Waals surface area contributed by atoms with E-state index in [0.717, 1.165) is 0 Å². The fourth-order valence-corrected chi connectivity index (χ4v) is 2.03. The molecule has 0 saturated carbocycles. The molecule has 1 rings (SSSR count). The largest absolute Gasteiger partial charge is 0.389 e. The van der Waals surface area contributed by atoms with Crippen LogP contribution in [0.3, 0.4) is 0 Å². The van der Waals surface area contributed by atoms with Crippen LogP contribution in [0, 0.1) is 0 Å². The Kier molecular flexibility index (Phi) is 5.32. The number of carbonyl (C=O) groups excluding carboxylic acids is 1. The van der Waals surface area contributed by atoms with Crippen LogP contribution in [-0.2, 0) is 0 Å². The van der Waals surface area contributed by atoms with Crippen molar-refractivity contribution < 1.29 is 9.90 Å². The van der Waals surface area contributed by atoms with E-state index in [1.807, 2.05) is 11.9 Å². The van der Waals surface area contributed by atoms with Gasteiger partial charge in [0.25, 0.3) is 0 Å². The zero-order valence-electron chi connectivity index (χ0n) is 11.1. The maximum atomic E-state index is 11.9. The molecule has 1 N–H and O–H groups in total. The number of ketones is 1. The zero-order chi connectivity index (χ0) is 13.8. The maximum Gasteiger partial charge on any atom is 0.164 e. The van der Waals surface area contributed by atoms with Crippen molar-refractivity contribution in [2.45, 2.75) is 25.9 Å². The van der Waals surface area contributed by atoms with Gasteiger partial charge < -0.3 is 10.0 Å². The molecule has 0 fully saturated rings. The van der Waals surface area contributed by atoms with Gasteiger partial charge in [-0.1, -0.05) is 23.7 Å². The molecule has 100 valence electrons. The molecule has 0 atom stereocenters. The molecule has 0 spiro atoms. The van der Waals surface area contributed by atoms with Gasteiger partial charge in [-0.05, 0) is 33.0 Å². The fraction of sp³-hybridized carbons (Fsp3) is 0.500. The van der Waals surface area contributed by atoms with Crippen LogP contribution in [0.15, 0.2) is 24.3 Å².